The van der Waals surface area contributed by atoms with Gasteiger partial charge in [0, 0.05) is 22.0 Å². The van der Waals surface area contributed by atoms with Gasteiger partial charge in [-0.3, -0.25) is 10.2 Å². The minimum Gasteiger partial charge on any atom is -0.422 e. The molecule has 4 N–H and O–H groups in total. The largest absolute Gasteiger partial charge is 0.422 e. The molecule has 1 heterocycles. The third kappa shape index (κ3) is 3.61. The zero-order valence-electron chi connectivity index (χ0n) is 15.7. The number of fused-ring (bicyclic) bond motifs is 1. The number of benzene rings is 3. The third-order valence-electron chi connectivity index (χ3n) is 4.68. The second-order valence-corrected chi connectivity index (χ2v) is 6.68. The lowest BCUT2D eigenvalue weighted by Gasteiger charge is -2.07. The number of hydrogen-bond acceptors (Lipinski definition) is 4. The molecular weight excluding hydrogens is 366 g/mol. The van der Waals surface area contributed by atoms with Crippen molar-refractivity contribution in [2.75, 3.05) is 0 Å². The number of carbonyl (C=O) groups excluding carboxylic acids is 2. The van der Waals surface area contributed by atoms with Crippen LogP contribution in [0.4, 0.5) is 0 Å². The molecule has 29 heavy (non-hydrogen) atoms. The van der Waals surface area contributed by atoms with Crippen molar-refractivity contribution in [2.24, 2.45) is 5.84 Å². The molecule has 0 atom stereocenters. The van der Waals surface area contributed by atoms with E-state index in [1.807, 2.05) is 55.5 Å². The number of hydrazine groups is 1. The minimum absolute atomic E-state index is 0.331. The molecule has 0 aliphatic carbocycles. The average molecular weight is 385 g/mol. The smallest absolute Gasteiger partial charge is 0.360 e. The summed E-state index contributed by atoms with van der Waals surface area (Å²) in [5, 5.41) is 0.957. The lowest BCUT2D eigenvalue weighted by atomic mass is 10.0. The van der Waals surface area contributed by atoms with E-state index in [9.17, 15) is 9.59 Å². The second kappa shape index (κ2) is 7.61. The quantitative estimate of drug-likeness (QED) is 0.163. The number of ether oxygens (including phenoxy) is 1. The van der Waals surface area contributed by atoms with Crippen LogP contribution in [0.1, 0.15) is 26.4 Å². The number of H-pyrrole nitrogens is 1. The highest BCUT2D eigenvalue weighted by molar-refractivity contribution is 6.08. The molecule has 6 nitrogen and oxygen atoms in total. The number of nitrogen functional groups attached to an aromatic ring is 1. The molecule has 3 aromatic carbocycles. The minimum atomic E-state index is -0.506. The lowest BCUT2D eigenvalue weighted by Crippen LogP contribution is -2.29. The first-order valence-electron chi connectivity index (χ1n) is 9.08. The van der Waals surface area contributed by atoms with Crippen LogP contribution in [0.2, 0.25) is 0 Å². The van der Waals surface area contributed by atoms with Gasteiger partial charge in [-0.05, 0) is 48.9 Å². The number of rotatable bonds is 4. The monoisotopic (exact) mass is 385 g/mol. The van der Waals surface area contributed by atoms with Crippen LogP contribution in [0.5, 0.6) is 5.75 Å². The first-order valence-corrected chi connectivity index (χ1v) is 9.08. The van der Waals surface area contributed by atoms with Gasteiger partial charge in [0.15, 0.2) is 0 Å². The summed E-state index contributed by atoms with van der Waals surface area (Å²) in [6, 6.07) is 21.9. The molecule has 0 spiro atoms. The van der Waals surface area contributed by atoms with E-state index in [0.29, 0.717) is 17.0 Å². The van der Waals surface area contributed by atoms with Crippen LogP contribution in [-0.4, -0.2) is 16.9 Å². The summed E-state index contributed by atoms with van der Waals surface area (Å²) in [5.41, 5.74) is 6.49. The van der Waals surface area contributed by atoms with Crippen molar-refractivity contribution in [1.82, 2.24) is 10.4 Å². The summed E-state index contributed by atoms with van der Waals surface area (Å²) in [5.74, 6) is 4.54. The standard InChI is InChI=1S/C23H19N3O3/c1-14-7-12-19-18(13-14)20(15-5-3-2-4-6-15)21(25-19)23(28)29-17-10-8-16(9-11-17)22(27)26-24/h2-13,25H,24H2,1H3,(H,26,27). The molecule has 1 amide bonds. The number of aryl methyl sites for hydroxylation is 1. The Morgan fingerprint density at radius 3 is 2.38 bits per heavy atom. The maximum Gasteiger partial charge on any atom is 0.360 e. The molecule has 0 aliphatic heterocycles. The van der Waals surface area contributed by atoms with Crippen molar-refractivity contribution in [3.8, 4) is 16.9 Å². The second-order valence-electron chi connectivity index (χ2n) is 6.68. The van der Waals surface area contributed by atoms with Crippen molar-refractivity contribution >= 4 is 22.8 Å². The molecule has 0 aliphatic rings. The molecule has 0 radical (unpaired) electrons. The Morgan fingerprint density at radius 1 is 0.966 bits per heavy atom. The predicted octanol–water partition coefficient (Wildman–Crippen LogP) is 3.97. The van der Waals surface area contributed by atoms with E-state index in [1.54, 1.807) is 12.1 Å². The van der Waals surface area contributed by atoms with Crippen molar-refractivity contribution in [1.29, 1.82) is 0 Å². The van der Waals surface area contributed by atoms with Crippen LogP contribution in [0.15, 0.2) is 72.8 Å². The number of carbonyl (C=O) groups is 2. The predicted molar refractivity (Wildman–Crippen MR) is 112 cm³/mol. The fraction of sp³-hybridized carbons (Fsp3) is 0.0435. The zero-order valence-corrected chi connectivity index (χ0v) is 15.7. The van der Waals surface area contributed by atoms with E-state index < -0.39 is 11.9 Å². The van der Waals surface area contributed by atoms with Gasteiger partial charge < -0.3 is 9.72 Å². The van der Waals surface area contributed by atoms with Crippen LogP contribution in [0.3, 0.4) is 0 Å². The summed E-state index contributed by atoms with van der Waals surface area (Å²) in [4.78, 5) is 27.7. The Balaban J connectivity index is 1.73. The van der Waals surface area contributed by atoms with Gasteiger partial charge in [0.25, 0.3) is 5.91 Å². The Kier molecular flexibility index (Phi) is 4.85. The normalized spacial score (nSPS) is 10.7. The lowest BCUT2D eigenvalue weighted by molar-refractivity contribution is 0.0730. The summed E-state index contributed by atoms with van der Waals surface area (Å²) >= 11 is 0. The Morgan fingerprint density at radius 2 is 1.69 bits per heavy atom. The van der Waals surface area contributed by atoms with Crippen molar-refractivity contribution in [3.63, 3.8) is 0 Å². The Labute approximate surface area is 167 Å². The van der Waals surface area contributed by atoms with E-state index in [2.05, 4.69) is 10.4 Å². The molecule has 0 unspecified atom stereocenters. The topological polar surface area (TPSA) is 97.2 Å². The maximum absolute atomic E-state index is 13.0. The summed E-state index contributed by atoms with van der Waals surface area (Å²) < 4.78 is 5.56. The third-order valence-corrected chi connectivity index (χ3v) is 4.68. The van der Waals surface area contributed by atoms with Crippen LogP contribution >= 0.6 is 0 Å². The first kappa shape index (κ1) is 18.5. The first-order chi connectivity index (χ1) is 14.1. The molecule has 0 fully saturated rings. The number of aromatic amines is 1. The van der Waals surface area contributed by atoms with E-state index in [-0.39, 0.29) is 0 Å². The van der Waals surface area contributed by atoms with Gasteiger partial charge in [-0.25, -0.2) is 10.6 Å². The number of esters is 1. The fourth-order valence-corrected chi connectivity index (χ4v) is 3.28. The van der Waals surface area contributed by atoms with Gasteiger partial charge in [-0.1, -0.05) is 42.0 Å². The van der Waals surface area contributed by atoms with E-state index in [4.69, 9.17) is 10.6 Å². The Hall–Kier alpha value is -3.90. The molecule has 144 valence electrons. The molecule has 6 heteroatoms. The van der Waals surface area contributed by atoms with E-state index in [0.717, 1.165) is 27.6 Å². The molecule has 4 rings (SSSR count). The number of nitrogens with one attached hydrogen (secondary N) is 2. The van der Waals surface area contributed by atoms with Gasteiger partial charge in [0.1, 0.15) is 11.4 Å². The highest BCUT2D eigenvalue weighted by Crippen LogP contribution is 2.33. The van der Waals surface area contributed by atoms with Crippen LogP contribution in [0, 0.1) is 6.92 Å². The van der Waals surface area contributed by atoms with Crippen LogP contribution < -0.4 is 16.0 Å². The number of aromatic nitrogens is 1. The molecule has 4 aromatic rings. The fourth-order valence-electron chi connectivity index (χ4n) is 3.28. The summed E-state index contributed by atoms with van der Waals surface area (Å²) in [6.07, 6.45) is 0. The van der Waals surface area contributed by atoms with Crippen molar-refractivity contribution in [3.05, 3.63) is 89.6 Å². The SMILES string of the molecule is Cc1ccc2[nH]c(C(=O)Oc3ccc(C(=O)NN)cc3)c(-c3ccccc3)c2c1. The molecular formula is C23H19N3O3. The molecule has 0 saturated carbocycles. The highest BCUT2D eigenvalue weighted by Gasteiger charge is 2.21. The van der Waals surface area contributed by atoms with Crippen LogP contribution in [-0.2, 0) is 0 Å². The van der Waals surface area contributed by atoms with Crippen LogP contribution in [0.25, 0.3) is 22.0 Å². The van der Waals surface area contributed by atoms with Gasteiger partial charge in [0.05, 0.1) is 0 Å². The van der Waals surface area contributed by atoms with Crippen molar-refractivity contribution in [2.45, 2.75) is 6.92 Å². The molecule has 0 bridgehead atoms. The van der Waals surface area contributed by atoms with Gasteiger partial charge >= 0.3 is 5.97 Å². The number of hydrogen-bond donors (Lipinski definition) is 3. The van der Waals surface area contributed by atoms with E-state index in [1.165, 1.54) is 12.1 Å². The highest BCUT2D eigenvalue weighted by atomic mass is 16.5. The number of amides is 1. The molecule has 1 aromatic heterocycles. The van der Waals surface area contributed by atoms with Crippen molar-refractivity contribution < 1.29 is 14.3 Å². The van der Waals surface area contributed by atoms with Gasteiger partial charge in [-0.2, -0.15) is 0 Å². The zero-order chi connectivity index (χ0) is 20.4. The average Bonchev–Trinajstić information content (AvgIpc) is 3.13. The maximum atomic E-state index is 13.0. The summed E-state index contributed by atoms with van der Waals surface area (Å²) in [6.45, 7) is 2.01. The Bertz CT molecular complexity index is 1200. The molecule has 0 saturated heterocycles. The van der Waals surface area contributed by atoms with Gasteiger partial charge in [-0.15, -0.1) is 0 Å². The number of nitrogens with two attached hydrogens (primary N) is 1. The van der Waals surface area contributed by atoms with E-state index >= 15 is 0 Å². The van der Waals surface area contributed by atoms with Gasteiger partial charge in [0.2, 0.25) is 0 Å². The summed E-state index contributed by atoms with van der Waals surface area (Å²) in [7, 11) is 0.